The molecule has 0 aromatic heterocycles. The van der Waals surface area contributed by atoms with Gasteiger partial charge in [0.2, 0.25) is 0 Å². The Morgan fingerprint density at radius 3 is 0.542 bits per heavy atom. The Hall–Kier alpha value is -0.590. The fourth-order valence-electron chi connectivity index (χ4n) is 9.40. The monoisotopic (exact) mass is 827 g/mol. The van der Waals surface area contributed by atoms with Crippen LogP contribution in [0.5, 0.6) is 0 Å². The molecule has 59 heavy (non-hydrogen) atoms. The zero-order valence-electron chi connectivity index (χ0n) is 41.6. The standard InChI is InChI=1S/C58H114O/c1-4-6-8-10-11-12-13-14-15-16-17-18-19-20-21-22-23-24-25-26-27-28-29-30-31-32-33-34-35-36-37-38-39-40-41-42-43-44-45-46-47-48-49-50-51-52-53-55-57(3)58(59)56-54-9-7-5-2/h3-56H2,1-2H3. The van der Waals surface area contributed by atoms with Crippen LogP contribution in [0.2, 0.25) is 0 Å². The van der Waals surface area contributed by atoms with E-state index in [0.717, 1.165) is 31.3 Å². The molecule has 1 heteroatoms. The first-order valence-corrected chi connectivity index (χ1v) is 28.4. The van der Waals surface area contributed by atoms with Crippen molar-refractivity contribution in [2.24, 2.45) is 0 Å². The molecule has 0 aromatic rings. The first-order chi connectivity index (χ1) is 29.2. The number of hydrogen-bond donors (Lipinski definition) is 0. The van der Waals surface area contributed by atoms with E-state index in [1.165, 1.54) is 315 Å². The molecule has 0 heterocycles. The van der Waals surface area contributed by atoms with Gasteiger partial charge < -0.3 is 0 Å². The Morgan fingerprint density at radius 2 is 0.356 bits per heavy atom. The summed E-state index contributed by atoms with van der Waals surface area (Å²) in [4.78, 5) is 12.2. The molecule has 0 aliphatic carbocycles. The van der Waals surface area contributed by atoms with Gasteiger partial charge in [0.05, 0.1) is 0 Å². The SMILES string of the molecule is C=C(CCCCCCCCCCCCCCCCCCCCCCCCCCCCCCCCCCCCCCCCCCCCCCCCC)C(=O)CCCCCC. The Bertz CT molecular complexity index is 782. The normalized spacial score (nSPS) is 11.6. The Balaban J connectivity index is 3.12. The van der Waals surface area contributed by atoms with Crippen molar-refractivity contribution >= 4 is 5.78 Å². The van der Waals surface area contributed by atoms with Gasteiger partial charge in [-0.1, -0.05) is 335 Å². The highest BCUT2D eigenvalue weighted by Crippen LogP contribution is 2.19. The summed E-state index contributed by atoms with van der Waals surface area (Å²) in [7, 11) is 0. The third-order valence-electron chi connectivity index (χ3n) is 13.7. The molecule has 0 fully saturated rings. The number of allylic oxidation sites excluding steroid dienone is 1. The van der Waals surface area contributed by atoms with Gasteiger partial charge in [-0.05, 0) is 24.8 Å². The quantitative estimate of drug-likeness (QED) is 0.0441. The molecule has 352 valence electrons. The van der Waals surface area contributed by atoms with E-state index in [-0.39, 0.29) is 0 Å². The summed E-state index contributed by atoms with van der Waals surface area (Å²) in [5.41, 5.74) is 0.883. The van der Waals surface area contributed by atoms with Crippen LogP contribution < -0.4 is 0 Å². The van der Waals surface area contributed by atoms with Crippen molar-refractivity contribution in [3.8, 4) is 0 Å². The molecule has 0 radical (unpaired) electrons. The zero-order chi connectivity index (χ0) is 42.6. The van der Waals surface area contributed by atoms with Crippen LogP contribution in [-0.2, 0) is 4.79 Å². The Morgan fingerprint density at radius 1 is 0.220 bits per heavy atom. The van der Waals surface area contributed by atoms with Crippen molar-refractivity contribution < 1.29 is 4.79 Å². The van der Waals surface area contributed by atoms with Crippen LogP contribution >= 0.6 is 0 Å². The minimum absolute atomic E-state index is 0.323. The predicted octanol–water partition coefficient (Wildman–Crippen LogP) is 21.8. The topological polar surface area (TPSA) is 17.1 Å². The van der Waals surface area contributed by atoms with Crippen LogP contribution in [0.4, 0.5) is 0 Å². The van der Waals surface area contributed by atoms with Gasteiger partial charge in [0.15, 0.2) is 5.78 Å². The number of rotatable bonds is 54. The molecule has 0 spiro atoms. The zero-order valence-corrected chi connectivity index (χ0v) is 41.6. The lowest BCUT2D eigenvalue weighted by atomic mass is 9.99. The number of carbonyl (C=O) groups excluding carboxylic acids is 1. The highest BCUT2D eigenvalue weighted by atomic mass is 16.1. The number of Topliss-reactive ketones (excluding diaryl/α,β-unsaturated/α-hetero) is 1. The minimum Gasteiger partial charge on any atom is -0.295 e. The lowest BCUT2D eigenvalue weighted by Gasteiger charge is -2.06. The summed E-state index contributed by atoms with van der Waals surface area (Å²) < 4.78 is 0. The molecule has 0 N–H and O–H groups in total. The van der Waals surface area contributed by atoms with E-state index in [4.69, 9.17) is 0 Å². The fraction of sp³-hybridized carbons (Fsp3) is 0.948. The van der Waals surface area contributed by atoms with E-state index >= 15 is 0 Å². The number of carbonyl (C=O) groups is 1. The molecule has 0 atom stereocenters. The molecule has 0 saturated heterocycles. The second-order valence-electron chi connectivity index (χ2n) is 19.9. The van der Waals surface area contributed by atoms with Crippen LogP contribution in [0.1, 0.15) is 354 Å². The molecule has 1 nitrogen and oxygen atoms in total. The van der Waals surface area contributed by atoms with Gasteiger partial charge in [0, 0.05) is 6.42 Å². The van der Waals surface area contributed by atoms with Crippen molar-refractivity contribution in [3.05, 3.63) is 12.2 Å². The van der Waals surface area contributed by atoms with E-state index in [9.17, 15) is 4.79 Å². The average molecular weight is 828 g/mol. The summed E-state index contributed by atoms with van der Waals surface area (Å²) >= 11 is 0. The Kier molecular flexibility index (Phi) is 53.0. The maximum Gasteiger partial charge on any atom is 0.158 e. The second-order valence-corrected chi connectivity index (χ2v) is 19.9. The van der Waals surface area contributed by atoms with Crippen molar-refractivity contribution in [3.63, 3.8) is 0 Å². The van der Waals surface area contributed by atoms with Crippen molar-refractivity contribution in [1.82, 2.24) is 0 Å². The van der Waals surface area contributed by atoms with Crippen molar-refractivity contribution in [1.29, 1.82) is 0 Å². The largest absolute Gasteiger partial charge is 0.295 e. The van der Waals surface area contributed by atoms with Gasteiger partial charge in [-0.15, -0.1) is 0 Å². The van der Waals surface area contributed by atoms with Crippen LogP contribution in [0.25, 0.3) is 0 Å². The minimum atomic E-state index is 0.323. The fourth-order valence-corrected chi connectivity index (χ4v) is 9.40. The van der Waals surface area contributed by atoms with Gasteiger partial charge in [-0.3, -0.25) is 4.79 Å². The van der Waals surface area contributed by atoms with Crippen LogP contribution in [-0.4, -0.2) is 5.78 Å². The average Bonchev–Trinajstić information content (AvgIpc) is 3.24. The smallest absolute Gasteiger partial charge is 0.158 e. The molecule has 0 bridgehead atoms. The molecule has 0 aromatic carbocycles. The van der Waals surface area contributed by atoms with Gasteiger partial charge in [0.25, 0.3) is 0 Å². The second kappa shape index (κ2) is 53.5. The summed E-state index contributed by atoms with van der Waals surface area (Å²) in [6.45, 7) is 8.58. The van der Waals surface area contributed by atoms with E-state index in [1.807, 2.05) is 0 Å². The molecular formula is C58H114O. The lowest BCUT2D eigenvalue weighted by Crippen LogP contribution is -2.01. The molecule has 0 rings (SSSR count). The highest BCUT2D eigenvalue weighted by molar-refractivity contribution is 5.94. The molecule has 0 aliphatic heterocycles. The first kappa shape index (κ1) is 58.4. The highest BCUT2D eigenvalue weighted by Gasteiger charge is 2.06. The van der Waals surface area contributed by atoms with E-state index in [0.29, 0.717) is 5.78 Å². The maximum atomic E-state index is 12.2. The summed E-state index contributed by atoms with van der Waals surface area (Å²) in [6, 6.07) is 0. The first-order valence-electron chi connectivity index (χ1n) is 28.4. The van der Waals surface area contributed by atoms with Crippen LogP contribution in [0, 0.1) is 0 Å². The molecule has 0 saturated carbocycles. The summed E-state index contributed by atoms with van der Waals surface area (Å²) in [5, 5.41) is 0. The number of hydrogen-bond acceptors (Lipinski definition) is 1. The molecular weight excluding hydrogens is 713 g/mol. The van der Waals surface area contributed by atoms with Crippen molar-refractivity contribution in [2.75, 3.05) is 0 Å². The van der Waals surface area contributed by atoms with Gasteiger partial charge in [-0.2, -0.15) is 0 Å². The van der Waals surface area contributed by atoms with Crippen LogP contribution in [0.15, 0.2) is 12.2 Å². The molecule has 0 unspecified atom stereocenters. The van der Waals surface area contributed by atoms with Gasteiger partial charge >= 0.3 is 0 Å². The molecule has 0 amide bonds. The van der Waals surface area contributed by atoms with Gasteiger partial charge in [-0.25, -0.2) is 0 Å². The third kappa shape index (κ3) is 51.7. The summed E-state index contributed by atoms with van der Waals surface area (Å²) in [5.74, 6) is 0.323. The van der Waals surface area contributed by atoms with E-state index < -0.39 is 0 Å². The van der Waals surface area contributed by atoms with Crippen molar-refractivity contribution in [2.45, 2.75) is 354 Å². The lowest BCUT2D eigenvalue weighted by molar-refractivity contribution is -0.115. The molecule has 0 aliphatic rings. The predicted molar refractivity (Wildman–Crippen MR) is 270 cm³/mol. The maximum absolute atomic E-state index is 12.2. The van der Waals surface area contributed by atoms with E-state index in [1.54, 1.807) is 0 Å². The number of ketones is 1. The number of unbranched alkanes of at least 4 members (excludes halogenated alkanes) is 49. The van der Waals surface area contributed by atoms with Crippen LogP contribution in [0.3, 0.4) is 0 Å². The van der Waals surface area contributed by atoms with E-state index in [2.05, 4.69) is 20.4 Å². The van der Waals surface area contributed by atoms with Gasteiger partial charge in [0.1, 0.15) is 0 Å². The third-order valence-corrected chi connectivity index (χ3v) is 13.7. The Labute approximate surface area is 375 Å². The summed E-state index contributed by atoms with van der Waals surface area (Å²) in [6.07, 6.45) is 74.9.